The fourth-order valence-corrected chi connectivity index (χ4v) is 14.6. The van der Waals surface area contributed by atoms with Gasteiger partial charge >= 0.3 is 19.1 Å². The van der Waals surface area contributed by atoms with Crippen molar-refractivity contribution < 1.29 is 92.0 Å². The topological polar surface area (TPSA) is 259 Å². The number of halogens is 9. The number of nitrogens with zero attached hydrogens (tertiary/aromatic N) is 13. The number of carbonyl (C=O) groups excluding carboxylic acids is 6. The molecule has 0 amide bonds. The van der Waals surface area contributed by atoms with Gasteiger partial charge in [0.1, 0.15) is 17.2 Å². The maximum Gasteiger partial charge on any atom is 0.573 e. The van der Waals surface area contributed by atoms with Crippen molar-refractivity contribution in [1.82, 2.24) is 58.7 Å². The van der Waals surface area contributed by atoms with Gasteiger partial charge in [-0.2, -0.15) is 30.6 Å². The molecule has 12 aromatic carbocycles. The number of para-hydroxylation sites is 1. The molecule has 2 aliphatic heterocycles. The molecule has 0 spiro atoms. The Kier molecular flexibility index (Phi) is 35.8. The van der Waals surface area contributed by atoms with Crippen molar-refractivity contribution in [1.29, 1.82) is 0 Å². The van der Waals surface area contributed by atoms with Gasteiger partial charge in [-0.25, -0.2) is 28.1 Å². The number of piperidine rings is 1. The zero-order chi connectivity index (χ0) is 105. The summed E-state index contributed by atoms with van der Waals surface area (Å²) in [6.45, 7) is 2.39. The van der Waals surface area contributed by atoms with Gasteiger partial charge in [-0.1, -0.05) is 255 Å². The van der Waals surface area contributed by atoms with Gasteiger partial charge in [-0.05, 0) is 235 Å². The Bertz CT molecular complexity index is 7730. The van der Waals surface area contributed by atoms with E-state index < -0.39 is 48.3 Å². The maximum atomic E-state index is 12.7. The van der Waals surface area contributed by atoms with E-state index in [1.54, 1.807) is 91.4 Å². The summed E-state index contributed by atoms with van der Waals surface area (Å²) in [5.74, 6) is -2.37. The minimum absolute atomic E-state index is 0.0356. The molecule has 2 aliphatic rings. The third-order valence-corrected chi connectivity index (χ3v) is 21.9. The molecule has 0 radical (unpaired) electrons. The van der Waals surface area contributed by atoms with E-state index >= 15 is 0 Å². The lowest BCUT2D eigenvalue weighted by molar-refractivity contribution is -0.275. The highest BCUT2D eigenvalue weighted by atomic mass is 19.4. The first kappa shape index (κ1) is 105. The molecule has 0 N–H and O–H groups in total. The Balaban J connectivity index is 0.000000135. The summed E-state index contributed by atoms with van der Waals surface area (Å²) in [5.41, 5.74) is 13.0. The van der Waals surface area contributed by atoms with Crippen LogP contribution in [0, 0.1) is 0 Å². The molecule has 0 atom stereocenters. The maximum absolute atomic E-state index is 12.7. The van der Waals surface area contributed by atoms with E-state index in [0.29, 0.717) is 51.0 Å². The van der Waals surface area contributed by atoms with Crippen LogP contribution in [-0.4, -0.2) is 133 Å². The Morgan fingerprint density at radius 2 is 0.527 bits per heavy atom. The van der Waals surface area contributed by atoms with Crippen LogP contribution in [0.1, 0.15) is 149 Å². The van der Waals surface area contributed by atoms with Crippen molar-refractivity contribution in [3.05, 3.63) is 502 Å². The Morgan fingerprint density at radius 3 is 0.880 bits per heavy atom. The van der Waals surface area contributed by atoms with Gasteiger partial charge in [-0.3, -0.25) is 28.8 Å². The number of benzene rings is 12. The van der Waals surface area contributed by atoms with Gasteiger partial charge in [0, 0.05) is 83.8 Å². The number of fused-ring (bicyclic) bond motifs is 1. The Labute approximate surface area is 854 Å². The van der Waals surface area contributed by atoms with Crippen molar-refractivity contribution in [3.63, 3.8) is 0 Å². The van der Waals surface area contributed by atoms with Crippen LogP contribution in [0.2, 0.25) is 0 Å². The van der Waals surface area contributed by atoms with Crippen molar-refractivity contribution in [2.24, 2.45) is 0 Å². The molecule has 752 valence electrons. The van der Waals surface area contributed by atoms with Crippen LogP contribution in [0.25, 0.3) is 72.9 Å². The van der Waals surface area contributed by atoms with E-state index in [-0.39, 0.29) is 47.0 Å². The Hall–Kier alpha value is -19.5. The van der Waals surface area contributed by atoms with E-state index in [9.17, 15) is 68.3 Å². The summed E-state index contributed by atoms with van der Waals surface area (Å²) in [4.78, 5) is 77.0. The van der Waals surface area contributed by atoms with Gasteiger partial charge in [0.15, 0.2) is 11.5 Å². The van der Waals surface area contributed by atoms with Crippen molar-refractivity contribution >= 4 is 114 Å². The van der Waals surface area contributed by atoms with E-state index in [1.165, 1.54) is 100 Å². The molecule has 6 aromatic heterocycles. The van der Waals surface area contributed by atoms with Crippen LogP contribution in [0.4, 0.5) is 45.2 Å². The molecule has 20 rings (SSSR count). The quantitative estimate of drug-likeness (QED) is 0.0571. The van der Waals surface area contributed by atoms with Crippen LogP contribution in [0.3, 0.4) is 0 Å². The van der Waals surface area contributed by atoms with Crippen molar-refractivity contribution in [2.75, 3.05) is 24.8 Å². The molecule has 150 heavy (non-hydrogen) atoms. The molecule has 0 aliphatic carbocycles. The molecular weight excluding hydrogens is 1930 g/mol. The normalized spacial score (nSPS) is 12.2. The molecule has 1 saturated heterocycles. The number of carbonyl (C=O) groups is 6. The number of hydrogen-bond donors (Lipinski definition) is 0. The summed E-state index contributed by atoms with van der Waals surface area (Å²) in [6.07, 6.45) is 21.0. The third-order valence-electron chi connectivity index (χ3n) is 21.9. The molecular formula is C117H90F9N13O11. The molecule has 0 saturated carbocycles. The first-order valence-electron chi connectivity index (χ1n) is 46.5. The molecule has 18 aromatic rings. The minimum atomic E-state index is -4.88. The predicted octanol–water partition coefficient (Wildman–Crippen LogP) is 25.9. The minimum Gasteiger partial charge on any atom is -0.454 e. The molecule has 0 bridgehead atoms. The monoisotopic (exact) mass is 2020 g/mol. The first-order chi connectivity index (χ1) is 72.6. The van der Waals surface area contributed by atoms with E-state index in [4.69, 9.17) is 9.47 Å². The number of ether oxygens (including phenoxy) is 5. The van der Waals surface area contributed by atoms with E-state index in [2.05, 4.69) is 49.7 Å². The third kappa shape index (κ3) is 32.0. The fourth-order valence-electron chi connectivity index (χ4n) is 14.6. The second-order valence-corrected chi connectivity index (χ2v) is 32.6. The standard InChI is InChI=1S/C23H23N3O.3C19H13F3N2O2.C19H14N2O3.C18H14N2O/c27-23(20-10-13-22(14-11-20)25-16-5-2-6-17-25)26-18-15-21(24-26)12-9-19-7-3-1-4-8-19;20-19(21,22)26-17-9-5-4-8-16(17)18(25)24-13-12-15(23-24)11-10-14-6-2-1-3-7-14;20-19(21,22)26-17-8-4-7-15(13-17)18(25)24-12-11-16(23-24)10-9-14-5-2-1-3-6-14;20-19(21,22)26-17-10-7-15(8-11-17)18(25)24-13-12-16(23-24)9-6-14-4-2-1-3-5-14;22-19(15-7-9-17-18(12-15)24-13-23-17)21-11-10-16(20-21)8-6-14-4-2-1-3-5-14;21-18(16-9-5-2-6-10-16)20-14-13-17(19-20)12-11-15-7-3-1-4-8-15/h1,3-4,7-15,18H,2,5-6,16-17H2;3*1-13H;1-12H,13H2;1-14H/b12-9+;11-10+;10-9+;9-6+;8-6+;12-11+. The Morgan fingerprint density at radius 1 is 0.247 bits per heavy atom. The summed E-state index contributed by atoms with van der Waals surface area (Å²) < 4.78 is 140. The number of rotatable bonds is 22. The lowest BCUT2D eigenvalue weighted by Gasteiger charge is -2.28. The summed E-state index contributed by atoms with van der Waals surface area (Å²) in [6, 6.07) is 106. The van der Waals surface area contributed by atoms with Gasteiger partial charge in [0.25, 0.3) is 35.4 Å². The van der Waals surface area contributed by atoms with Crippen LogP contribution in [0.15, 0.2) is 401 Å². The molecule has 8 heterocycles. The zero-order valence-corrected chi connectivity index (χ0v) is 79.5. The van der Waals surface area contributed by atoms with Crippen molar-refractivity contribution in [3.8, 4) is 28.7 Å². The van der Waals surface area contributed by atoms with E-state index in [0.717, 1.165) is 102 Å². The van der Waals surface area contributed by atoms with Crippen molar-refractivity contribution in [2.45, 2.75) is 38.3 Å². The highest BCUT2D eigenvalue weighted by molar-refractivity contribution is 6.00. The molecule has 33 heteroatoms. The van der Waals surface area contributed by atoms with E-state index in [1.807, 2.05) is 291 Å². The highest BCUT2D eigenvalue weighted by Crippen LogP contribution is 2.34. The van der Waals surface area contributed by atoms with Gasteiger partial charge in [0.2, 0.25) is 6.79 Å². The van der Waals surface area contributed by atoms with Gasteiger partial charge in [-0.15, -0.1) is 39.5 Å². The average Bonchev–Trinajstić information content (AvgIpc) is 1.36. The lowest BCUT2D eigenvalue weighted by Crippen LogP contribution is -2.29. The number of alkyl halides is 9. The number of aromatic nitrogens is 12. The first-order valence-corrected chi connectivity index (χ1v) is 46.5. The van der Waals surface area contributed by atoms with Gasteiger partial charge in [0.05, 0.1) is 39.7 Å². The second kappa shape index (κ2) is 51.2. The van der Waals surface area contributed by atoms with Gasteiger partial charge < -0.3 is 28.6 Å². The number of hydrogen-bond acceptors (Lipinski definition) is 18. The lowest BCUT2D eigenvalue weighted by atomic mass is 10.1. The molecule has 0 unspecified atom stereocenters. The fraction of sp³-hybridized carbons (Fsp3) is 0.0769. The number of anilines is 1. The van der Waals surface area contributed by atoms with Crippen LogP contribution in [-0.2, 0) is 0 Å². The summed E-state index contributed by atoms with van der Waals surface area (Å²) in [5, 5.41) is 25.3. The molecule has 1 fully saturated rings. The SMILES string of the molecule is O=C(c1ccc(N2CCCCC2)cc1)n1ccc(/C=C/c2ccccc2)n1.O=C(c1ccc(OC(F)(F)F)cc1)n1ccc(/C=C/c2ccccc2)n1.O=C(c1ccc2c(c1)OCO2)n1ccc(/C=C/c2ccccc2)n1.O=C(c1cccc(OC(F)(F)F)c1)n1ccc(/C=C/c2ccccc2)n1.O=C(c1ccccc1)n1ccc(/C=C/c2ccccc2)n1.O=C(c1ccccc1OC(F)(F)F)n1ccc(/C=C/c2ccccc2)n1. The largest absolute Gasteiger partial charge is 0.573 e. The van der Waals surface area contributed by atoms with Crippen LogP contribution >= 0.6 is 0 Å². The summed E-state index contributed by atoms with van der Waals surface area (Å²) in [7, 11) is 0. The smallest absolute Gasteiger partial charge is 0.454 e. The van der Waals surface area contributed by atoms with Crippen LogP contribution < -0.4 is 28.6 Å². The average molecular weight is 2030 g/mol. The molecule has 24 nitrogen and oxygen atoms in total. The predicted molar refractivity (Wildman–Crippen MR) is 555 cm³/mol. The summed E-state index contributed by atoms with van der Waals surface area (Å²) >= 11 is 0. The van der Waals surface area contributed by atoms with Crippen LogP contribution in [0.5, 0.6) is 28.7 Å². The highest BCUT2D eigenvalue weighted by Gasteiger charge is 2.35. The zero-order valence-electron chi connectivity index (χ0n) is 79.5. The second-order valence-electron chi connectivity index (χ2n) is 32.6.